The average Bonchev–Trinajstić information content (AvgIpc) is 2.36. The molecule has 0 aromatic heterocycles. The third-order valence-corrected chi connectivity index (χ3v) is 2.77. The van der Waals surface area contributed by atoms with Gasteiger partial charge in [-0.2, -0.15) is 0 Å². The van der Waals surface area contributed by atoms with Crippen LogP contribution < -0.4 is 10.6 Å². The number of amidine groups is 1. The van der Waals surface area contributed by atoms with Crippen LogP contribution in [0.3, 0.4) is 0 Å². The van der Waals surface area contributed by atoms with Gasteiger partial charge in [-0.25, -0.2) is 9.59 Å². The Labute approximate surface area is 141 Å². The maximum absolute atomic E-state index is 12.3. The number of nitrogen functional groups attached to an aromatic ring is 1. The molecule has 128 valence electrons. The normalized spacial score (nSPS) is 11.8. The fourth-order valence-electron chi connectivity index (χ4n) is 1.73. The highest BCUT2D eigenvalue weighted by Gasteiger charge is 2.31. The highest BCUT2D eigenvalue weighted by atomic mass is 35.5. The number of anilines is 1. The molecule has 0 aliphatic rings. The van der Waals surface area contributed by atoms with Crippen LogP contribution in [0, 0.1) is 5.41 Å². The van der Waals surface area contributed by atoms with Gasteiger partial charge in [0, 0.05) is 11.3 Å². The van der Waals surface area contributed by atoms with Crippen molar-refractivity contribution in [3.63, 3.8) is 0 Å². The molecule has 0 unspecified atom stereocenters. The van der Waals surface area contributed by atoms with E-state index in [4.69, 9.17) is 15.9 Å². The van der Waals surface area contributed by atoms with E-state index in [1.54, 1.807) is 39.0 Å². The first kappa shape index (κ1) is 20.7. The molecule has 0 bridgehead atoms. The Morgan fingerprint density at radius 2 is 1.91 bits per heavy atom. The van der Waals surface area contributed by atoms with E-state index in [1.807, 2.05) is 0 Å². The fourth-order valence-corrected chi connectivity index (χ4v) is 1.73. The van der Waals surface area contributed by atoms with E-state index in [-0.39, 0.29) is 18.2 Å². The number of aliphatic carboxylic acids is 1. The summed E-state index contributed by atoms with van der Waals surface area (Å²) < 4.78 is 5.26. The summed E-state index contributed by atoms with van der Waals surface area (Å²) in [7, 11) is 0. The number of carbonyl (C=O) groups excluding carboxylic acids is 1. The second kappa shape index (κ2) is 7.82. The zero-order valence-corrected chi connectivity index (χ0v) is 14.3. The van der Waals surface area contributed by atoms with Gasteiger partial charge in [0.05, 0.1) is 0 Å². The van der Waals surface area contributed by atoms with Crippen molar-refractivity contribution >= 4 is 36.0 Å². The lowest BCUT2D eigenvalue weighted by molar-refractivity contribution is -0.138. The molecule has 0 saturated heterocycles. The lowest BCUT2D eigenvalue weighted by atomic mass is 10.1. The zero-order chi connectivity index (χ0) is 17.1. The Balaban J connectivity index is 0.00000484. The molecule has 7 nitrogen and oxygen atoms in total. The van der Waals surface area contributed by atoms with Crippen LogP contribution >= 0.6 is 12.4 Å². The molecule has 0 heterocycles. The van der Waals surface area contributed by atoms with Crippen LogP contribution in [0.15, 0.2) is 24.3 Å². The zero-order valence-electron chi connectivity index (χ0n) is 13.5. The lowest BCUT2D eigenvalue weighted by Crippen LogP contribution is -2.46. The third-order valence-electron chi connectivity index (χ3n) is 2.77. The van der Waals surface area contributed by atoms with E-state index in [1.165, 1.54) is 13.0 Å². The molecule has 0 fully saturated rings. The highest BCUT2D eigenvalue weighted by molar-refractivity contribution is 5.99. The first-order valence-electron chi connectivity index (χ1n) is 6.72. The second-order valence-corrected chi connectivity index (χ2v) is 5.83. The van der Waals surface area contributed by atoms with Crippen LogP contribution in [-0.4, -0.2) is 34.6 Å². The van der Waals surface area contributed by atoms with Gasteiger partial charge in [-0.05, 0) is 39.8 Å². The Bertz CT molecular complexity index is 599. The molecule has 1 amide bonds. The average molecular weight is 344 g/mol. The minimum Gasteiger partial charge on any atom is -0.480 e. The van der Waals surface area contributed by atoms with Crippen LogP contribution in [0.25, 0.3) is 0 Å². The molecule has 8 heteroatoms. The summed E-state index contributed by atoms with van der Waals surface area (Å²) in [6, 6.07) is 5.11. The summed E-state index contributed by atoms with van der Waals surface area (Å²) in [5, 5.41) is 16.7. The number of carbonyl (C=O) groups is 2. The number of nitrogens with one attached hydrogen (secondary N) is 1. The number of benzene rings is 1. The summed E-state index contributed by atoms with van der Waals surface area (Å²) in [4.78, 5) is 24.7. The summed E-state index contributed by atoms with van der Waals surface area (Å²) in [5.41, 5.74) is 5.37. The minimum atomic E-state index is -1.17. The number of ether oxygens (including phenoxy) is 1. The van der Waals surface area contributed by atoms with Crippen molar-refractivity contribution in [3.05, 3.63) is 29.8 Å². The van der Waals surface area contributed by atoms with Crippen LogP contribution in [0.2, 0.25) is 0 Å². The lowest BCUT2D eigenvalue weighted by Gasteiger charge is -2.30. The van der Waals surface area contributed by atoms with E-state index < -0.39 is 23.7 Å². The largest absolute Gasteiger partial charge is 0.480 e. The summed E-state index contributed by atoms with van der Waals surface area (Å²) in [6.45, 7) is 6.47. The van der Waals surface area contributed by atoms with Gasteiger partial charge in [-0.15, -0.1) is 12.4 Å². The van der Waals surface area contributed by atoms with Gasteiger partial charge in [0.25, 0.3) is 0 Å². The van der Waals surface area contributed by atoms with E-state index in [2.05, 4.69) is 0 Å². The SMILES string of the molecule is C[C@@H](C(=O)O)N(C(=O)OC(C)(C)C)c1cccc(C(=N)N)c1.Cl. The van der Waals surface area contributed by atoms with Gasteiger partial charge in [-0.1, -0.05) is 12.1 Å². The van der Waals surface area contributed by atoms with Gasteiger partial charge in [0.15, 0.2) is 0 Å². The van der Waals surface area contributed by atoms with Crippen molar-refractivity contribution in [1.29, 1.82) is 5.41 Å². The van der Waals surface area contributed by atoms with Gasteiger partial charge in [0.2, 0.25) is 0 Å². The van der Waals surface area contributed by atoms with Crippen LogP contribution in [0.5, 0.6) is 0 Å². The number of nitrogens with two attached hydrogens (primary N) is 1. The summed E-state index contributed by atoms with van der Waals surface area (Å²) in [6.07, 6.45) is -0.775. The predicted octanol–water partition coefficient (Wildman–Crippen LogP) is 2.61. The van der Waals surface area contributed by atoms with Crippen molar-refractivity contribution in [2.75, 3.05) is 4.90 Å². The molecular weight excluding hydrogens is 322 g/mol. The quantitative estimate of drug-likeness (QED) is 0.573. The molecule has 0 saturated carbocycles. The molecule has 1 rings (SSSR count). The van der Waals surface area contributed by atoms with Crippen LogP contribution in [-0.2, 0) is 9.53 Å². The minimum absolute atomic E-state index is 0. The van der Waals surface area contributed by atoms with Gasteiger partial charge >= 0.3 is 12.1 Å². The number of carboxylic acid groups (broad SMARTS) is 1. The fraction of sp³-hybridized carbons (Fsp3) is 0.400. The van der Waals surface area contributed by atoms with Crippen molar-refractivity contribution in [2.45, 2.75) is 39.3 Å². The first-order valence-corrected chi connectivity index (χ1v) is 6.72. The first-order chi connectivity index (χ1) is 10.0. The number of hydrogen-bond acceptors (Lipinski definition) is 4. The molecular formula is C15H22ClN3O4. The maximum atomic E-state index is 12.3. The van der Waals surface area contributed by atoms with Crippen molar-refractivity contribution < 1.29 is 19.4 Å². The smallest absolute Gasteiger partial charge is 0.415 e. The molecule has 0 spiro atoms. The van der Waals surface area contributed by atoms with Gasteiger partial charge in [-0.3, -0.25) is 10.3 Å². The molecule has 23 heavy (non-hydrogen) atoms. The standard InChI is InChI=1S/C15H21N3O4.ClH/c1-9(13(19)20)18(14(21)22-15(2,3)4)11-7-5-6-10(8-11)12(16)17;/h5-9H,1-4H3,(H3,16,17)(H,19,20);1H/t9-;/m0./s1. The Kier molecular flexibility index (Phi) is 7.05. The molecule has 0 aliphatic heterocycles. The van der Waals surface area contributed by atoms with E-state index in [0.29, 0.717) is 11.3 Å². The highest BCUT2D eigenvalue weighted by Crippen LogP contribution is 2.22. The van der Waals surface area contributed by atoms with E-state index in [9.17, 15) is 14.7 Å². The van der Waals surface area contributed by atoms with Crippen LogP contribution in [0.4, 0.5) is 10.5 Å². The van der Waals surface area contributed by atoms with Crippen LogP contribution in [0.1, 0.15) is 33.3 Å². The molecule has 0 aliphatic carbocycles. The number of nitrogens with zero attached hydrogens (tertiary/aromatic N) is 1. The second-order valence-electron chi connectivity index (χ2n) is 5.83. The summed E-state index contributed by atoms with van der Waals surface area (Å²) in [5.74, 6) is -1.34. The molecule has 0 radical (unpaired) electrons. The van der Waals surface area contributed by atoms with E-state index in [0.717, 1.165) is 4.90 Å². The van der Waals surface area contributed by atoms with Crippen molar-refractivity contribution in [1.82, 2.24) is 0 Å². The Morgan fingerprint density at radius 1 is 1.35 bits per heavy atom. The molecule has 1 aromatic carbocycles. The van der Waals surface area contributed by atoms with Gasteiger partial charge in [0.1, 0.15) is 17.5 Å². The van der Waals surface area contributed by atoms with E-state index >= 15 is 0 Å². The molecule has 4 N–H and O–H groups in total. The Morgan fingerprint density at radius 3 is 2.35 bits per heavy atom. The molecule has 1 aromatic rings. The van der Waals surface area contributed by atoms with Crippen molar-refractivity contribution in [2.24, 2.45) is 5.73 Å². The number of carboxylic acids is 1. The number of hydrogen-bond donors (Lipinski definition) is 3. The molecule has 1 atom stereocenters. The van der Waals surface area contributed by atoms with Gasteiger partial charge < -0.3 is 15.6 Å². The third kappa shape index (κ3) is 5.78. The topological polar surface area (TPSA) is 117 Å². The predicted molar refractivity (Wildman–Crippen MR) is 90.5 cm³/mol. The number of halogens is 1. The monoisotopic (exact) mass is 343 g/mol. The Hall–Kier alpha value is -2.28. The maximum Gasteiger partial charge on any atom is 0.415 e. The number of rotatable bonds is 4. The number of amides is 1. The summed E-state index contributed by atoms with van der Waals surface area (Å²) >= 11 is 0. The van der Waals surface area contributed by atoms with Crippen molar-refractivity contribution in [3.8, 4) is 0 Å².